The van der Waals surface area contributed by atoms with Crippen molar-refractivity contribution in [2.45, 2.75) is 77.8 Å². The summed E-state index contributed by atoms with van der Waals surface area (Å²) in [7, 11) is 1.72. The Kier molecular flexibility index (Phi) is 9.86. The van der Waals surface area contributed by atoms with Crippen LogP contribution in [0.1, 0.15) is 66.2 Å². The lowest BCUT2D eigenvalue weighted by Crippen LogP contribution is -2.47. The van der Waals surface area contributed by atoms with Crippen LogP contribution in [-0.4, -0.2) is 47.7 Å². The normalized spacial score (nSPS) is 14.8. The molecule has 4 heteroatoms. The molecule has 0 saturated carbocycles. The van der Waals surface area contributed by atoms with Gasteiger partial charge in [-0.2, -0.15) is 0 Å². The molecule has 0 heterocycles. The molecule has 0 aromatic heterocycles. The van der Waals surface area contributed by atoms with Crippen molar-refractivity contribution in [2.24, 2.45) is 0 Å². The number of carbonyl (C=O) groups is 1. The summed E-state index contributed by atoms with van der Waals surface area (Å²) in [4.78, 5) is 13.7. The van der Waals surface area contributed by atoms with E-state index in [-0.39, 0.29) is 0 Å². The van der Waals surface area contributed by atoms with Crippen LogP contribution >= 0.6 is 0 Å². The third kappa shape index (κ3) is 7.25. The lowest BCUT2D eigenvalue weighted by atomic mass is 9.95. The highest BCUT2D eigenvalue weighted by molar-refractivity contribution is 5.78. The van der Waals surface area contributed by atoms with Gasteiger partial charge in [0, 0.05) is 6.04 Å². The second-order valence-electron chi connectivity index (χ2n) is 6.18. The average Bonchev–Trinajstić information content (AvgIpc) is 2.40. The Morgan fingerprint density at radius 1 is 1.20 bits per heavy atom. The highest BCUT2D eigenvalue weighted by Gasteiger charge is 2.30. The summed E-state index contributed by atoms with van der Waals surface area (Å²) < 4.78 is 0. The van der Waals surface area contributed by atoms with E-state index in [4.69, 9.17) is 0 Å². The number of unbranched alkanes of at least 4 members (excludes halogenated alkanes) is 3. The Hall–Kier alpha value is -0.610. The molecular weight excluding hydrogens is 252 g/mol. The van der Waals surface area contributed by atoms with E-state index in [2.05, 4.69) is 31.0 Å². The van der Waals surface area contributed by atoms with Crippen molar-refractivity contribution in [2.75, 3.05) is 20.1 Å². The van der Waals surface area contributed by atoms with Crippen LogP contribution < -0.4 is 5.32 Å². The molecule has 0 saturated heterocycles. The van der Waals surface area contributed by atoms with E-state index in [1.165, 1.54) is 19.3 Å². The first-order valence-corrected chi connectivity index (χ1v) is 8.03. The lowest BCUT2D eigenvalue weighted by Gasteiger charge is -2.28. The quantitative estimate of drug-likeness (QED) is 0.541. The fraction of sp³-hybridized carbons (Fsp3) is 0.938. The third-order valence-corrected chi connectivity index (χ3v) is 4.18. The lowest BCUT2D eigenvalue weighted by molar-refractivity contribution is -0.144. The van der Waals surface area contributed by atoms with E-state index in [9.17, 15) is 9.90 Å². The summed E-state index contributed by atoms with van der Waals surface area (Å²) in [5.74, 6) is -0.760. The second-order valence-corrected chi connectivity index (χ2v) is 6.18. The van der Waals surface area contributed by atoms with Gasteiger partial charge in [-0.15, -0.1) is 0 Å². The van der Waals surface area contributed by atoms with E-state index >= 15 is 0 Å². The molecule has 0 aromatic carbocycles. The summed E-state index contributed by atoms with van der Waals surface area (Å²) in [6.07, 6.45) is 6.50. The Labute approximate surface area is 124 Å². The topological polar surface area (TPSA) is 52.6 Å². The smallest absolute Gasteiger partial charge is 0.323 e. The maximum atomic E-state index is 11.2. The van der Waals surface area contributed by atoms with E-state index in [0.29, 0.717) is 12.5 Å². The van der Waals surface area contributed by atoms with Gasteiger partial charge < -0.3 is 15.3 Å². The first-order chi connectivity index (χ1) is 9.37. The molecule has 0 aromatic rings. The summed E-state index contributed by atoms with van der Waals surface area (Å²) in [5, 5.41) is 12.1. The maximum Gasteiger partial charge on any atom is 0.323 e. The number of nitrogens with one attached hydrogen (secondary N) is 1. The molecule has 0 fully saturated rings. The minimum absolute atomic E-state index is 0.571. The highest BCUT2D eigenvalue weighted by atomic mass is 16.4. The van der Waals surface area contributed by atoms with Crippen LogP contribution in [0.4, 0.5) is 0 Å². The highest BCUT2D eigenvalue weighted by Crippen LogP contribution is 2.15. The predicted molar refractivity (Wildman–Crippen MR) is 85.2 cm³/mol. The number of likely N-dealkylation sites (N-methyl/N-ethyl adjacent to an activating group) is 1. The Morgan fingerprint density at radius 2 is 1.75 bits per heavy atom. The van der Waals surface area contributed by atoms with Gasteiger partial charge in [0.1, 0.15) is 5.54 Å². The zero-order valence-electron chi connectivity index (χ0n) is 14.0. The zero-order valence-corrected chi connectivity index (χ0v) is 14.0. The van der Waals surface area contributed by atoms with Gasteiger partial charge in [0.2, 0.25) is 0 Å². The molecule has 1 atom stereocenters. The van der Waals surface area contributed by atoms with E-state index < -0.39 is 11.5 Å². The van der Waals surface area contributed by atoms with Gasteiger partial charge in [-0.05, 0) is 66.6 Å². The number of hydrogen-bond acceptors (Lipinski definition) is 3. The predicted octanol–water partition coefficient (Wildman–Crippen LogP) is 3.12. The molecule has 0 amide bonds. The minimum Gasteiger partial charge on any atom is -0.480 e. The molecule has 0 rings (SSSR count). The number of aliphatic carboxylic acids is 1. The van der Waals surface area contributed by atoms with Gasteiger partial charge >= 0.3 is 5.97 Å². The van der Waals surface area contributed by atoms with Crippen LogP contribution in [0.2, 0.25) is 0 Å². The minimum atomic E-state index is -0.787. The van der Waals surface area contributed by atoms with Gasteiger partial charge in [-0.25, -0.2) is 0 Å². The monoisotopic (exact) mass is 286 g/mol. The van der Waals surface area contributed by atoms with Crippen molar-refractivity contribution in [3.8, 4) is 0 Å². The van der Waals surface area contributed by atoms with Gasteiger partial charge in [0.05, 0.1) is 0 Å². The molecule has 0 spiro atoms. The fourth-order valence-electron chi connectivity index (χ4n) is 2.33. The zero-order chi connectivity index (χ0) is 15.6. The SMILES string of the molecule is CCCCCN(CCCCC(C)(NC)C(=O)O)C(C)C. The van der Waals surface area contributed by atoms with Crippen molar-refractivity contribution in [1.29, 1.82) is 0 Å². The standard InChI is InChI=1S/C16H34N2O2/c1-6-7-9-12-18(14(2)3)13-10-8-11-16(4,17-5)15(19)20/h14,17H,6-13H2,1-5H3,(H,19,20). The van der Waals surface area contributed by atoms with Crippen LogP contribution in [0, 0.1) is 0 Å². The van der Waals surface area contributed by atoms with Crippen LogP contribution in [0.3, 0.4) is 0 Å². The number of rotatable bonds is 12. The molecule has 0 aliphatic carbocycles. The molecule has 0 aliphatic heterocycles. The number of carboxylic acid groups (broad SMARTS) is 1. The molecule has 1 unspecified atom stereocenters. The van der Waals surface area contributed by atoms with Crippen LogP contribution in [0.15, 0.2) is 0 Å². The first kappa shape index (κ1) is 19.4. The Balaban J connectivity index is 4.02. The largest absolute Gasteiger partial charge is 0.480 e. The molecule has 120 valence electrons. The van der Waals surface area contributed by atoms with E-state index in [1.54, 1.807) is 14.0 Å². The third-order valence-electron chi connectivity index (χ3n) is 4.18. The van der Waals surface area contributed by atoms with Crippen molar-refractivity contribution in [3.63, 3.8) is 0 Å². The second kappa shape index (κ2) is 10.2. The van der Waals surface area contributed by atoms with E-state index in [0.717, 1.165) is 25.9 Å². The maximum absolute atomic E-state index is 11.2. The van der Waals surface area contributed by atoms with Crippen molar-refractivity contribution < 1.29 is 9.90 Å². The summed E-state index contributed by atoms with van der Waals surface area (Å²) in [5.41, 5.74) is -0.787. The summed E-state index contributed by atoms with van der Waals surface area (Å²) >= 11 is 0. The van der Waals surface area contributed by atoms with Crippen molar-refractivity contribution in [3.05, 3.63) is 0 Å². The molecule has 0 radical (unpaired) electrons. The van der Waals surface area contributed by atoms with E-state index in [1.807, 2.05) is 0 Å². The first-order valence-electron chi connectivity index (χ1n) is 8.03. The van der Waals surface area contributed by atoms with Gasteiger partial charge in [-0.1, -0.05) is 19.8 Å². The number of carboxylic acids is 1. The summed E-state index contributed by atoms with van der Waals surface area (Å²) in [6, 6.07) is 0.571. The average molecular weight is 286 g/mol. The molecule has 0 bridgehead atoms. The molecule has 4 nitrogen and oxygen atoms in total. The molecular formula is C16H34N2O2. The van der Waals surface area contributed by atoms with Gasteiger partial charge in [-0.3, -0.25) is 4.79 Å². The fourth-order valence-corrected chi connectivity index (χ4v) is 2.33. The Bertz CT molecular complexity index is 269. The van der Waals surface area contributed by atoms with Crippen molar-refractivity contribution >= 4 is 5.97 Å². The number of hydrogen-bond donors (Lipinski definition) is 2. The number of nitrogens with zero attached hydrogens (tertiary/aromatic N) is 1. The van der Waals surface area contributed by atoms with Crippen LogP contribution in [0.5, 0.6) is 0 Å². The molecule has 20 heavy (non-hydrogen) atoms. The van der Waals surface area contributed by atoms with Crippen LogP contribution in [-0.2, 0) is 4.79 Å². The summed E-state index contributed by atoms with van der Waals surface area (Å²) in [6.45, 7) is 10.7. The molecule has 0 aliphatic rings. The van der Waals surface area contributed by atoms with Gasteiger partial charge in [0.15, 0.2) is 0 Å². The van der Waals surface area contributed by atoms with Crippen molar-refractivity contribution in [1.82, 2.24) is 10.2 Å². The Morgan fingerprint density at radius 3 is 2.15 bits per heavy atom. The molecule has 2 N–H and O–H groups in total. The van der Waals surface area contributed by atoms with Crippen LogP contribution in [0.25, 0.3) is 0 Å². The van der Waals surface area contributed by atoms with Gasteiger partial charge in [0.25, 0.3) is 0 Å².